The van der Waals surface area contributed by atoms with Gasteiger partial charge in [0.25, 0.3) is 0 Å². The minimum atomic E-state index is -4.39. The molecule has 11 heteroatoms. The maximum absolute atomic E-state index is 12.7. The number of thioether (sulfide) groups is 1. The maximum atomic E-state index is 12.7. The molecule has 0 spiro atoms. The van der Waals surface area contributed by atoms with Gasteiger partial charge in [0.1, 0.15) is 11.1 Å². The Balaban J connectivity index is 1.69. The van der Waals surface area contributed by atoms with E-state index in [1.807, 2.05) is 6.07 Å². The van der Waals surface area contributed by atoms with Gasteiger partial charge in [-0.3, -0.25) is 4.21 Å². The summed E-state index contributed by atoms with van der Waals surface area (Å²) in [6.45, 7) is 1.78. The van der Waals surface area contributed by atoms with Crippen LogP contribution in [0.2, 0.25) is 0 Å². The van der Waals surface area contributed by atoms with Crippen molar-refractivity contribution < 1.29 is 21.8 Å². The van der Waals surface area contributed by atoms with Crippen LogP contribution in [0.1, 0.15) is 31.4 Å². The molecule has 1 aromatic carbocycles. The molecule has 0 aliphatic heterocycles. The zero-order valence-electron chi connectivity index (χ0n) is 15.6. The van der Waals surface area contributed by atoms with Gasteiger partial charge in [-0.1, -0.05) is 6.92 Å². The third kappa shape index (κ3) is 3.49. The molecule has 30 heavy (non-hydrogen) atoms. The monoisotopic (exact) mass is 452 g/mol. The van der Waals surface area contributed by atoms with Gasteiger partial charge >= 0.3 is 5.51 Å². The van der Waals surface area contributed by atoms with Crippen LogP contribution in [0.5, 0.6) is 0 Å². The third-order valence-electron chi connectivity index (χ3n) is 4.80. The highest BCUT2D eigenvalue weighted by Crippen LogP contribution is 2.42. The average molecular weight is 452 g/mol. The Kier molecular flexibility index (Phi) is 4.62. The summed E-state index contributed by atoms with van der Waals surface area (Å²) in [5.41, 5.74) is -1.89. The molecule has 1 aliphatic carbocycles. The fourth-order valence-electron chi connectivity index (χ4n) is 3.33. The summed E-state index contributed by atoms with van der Waals surface area (Å²) in [4.78, 5) is 8.82. The van der Waals surface area contributed by atoms with Crippen molar-refractivity contribution >= 4 is 39.3 Å². The normalized spacial score (nSPS) is 15.9. The summed E-state index contributed by atoms with van der Waals surface area (Å²) in [7, 11) is -1.40. The summed E-state index contributed by atoms with van der Waals surface area (Å²) in [5, 5.41) is 4.87. The first-order valence-corrected chi connectivity index (χ1v) is 11.4. The second-order valence-electron chi connectivity index (χ2n) is 6.89. The fraction of sp³-hybridized carbons (Fsp3) is 0.316. The van der Waals surface area contributed by atoms with Crippen molar-refractivity contribution in [2.45, 2.75) is 41.1 Å². The van der Waals surface area contributed by atoms with Gasteiger partial charge in [0.15, 0.2) is 16.3 Å². The number of hydrogen-bond donors (Lipinski definition) is 0. The summed E-state index contributed by atoms with van der Waals surface area (Å²) < 4.78 is 58.3. The van der Waals surface area contributed by atoms with Gasteiger partial charge in [-0.25, -0.2) is 14.5 Å². The van der Waals surface area contributed by atoms with E-state index >= 15 is 0 Å². The molecular formula is C19H15F3N4O2S2. The maximum Gasteiger partial charge on any atom is 0.446 e. The summed E-state index contributed by atoms with van der Waals surface area (Å²) in [6.07, 6.45) is 3.79. The molecule has 5 rings (SSSR count). The first kappa shape index (κ1) is 19.6. The molecule has 4 aromatic rings. The second-order valence-corrected chi connectivity index (χ2v) is 9.68. The largest absolute Gasteiger partial charge is 0.446 e. The molecular weight excluding hydrogens is 437 g/mol. The van der Waals surface area contributed by atoms with E-state index in [-0.39, 0.29) is 28.1 Å². The van der Waals surface area contributed by atoms with E-state index in [2.05, 4.69) is 15.1 Å². The van der Waals surface area contributed by atoms with E-state index < -0.39 is 16.3 Å². The molecule has 1 unspecified atom stereocenters. The van der Waals surface area contributed by atoms with Crippen molar-refractivity contribution in [3.63, 3.8) is 0 Å². The van der Waals surface area contributed by atoms with Crippen LogP contribution in [-0.2, 0) is 10.8 Å². The molecule has 156 valence electrons. The molecule has 0 bridgehead atoms. The number of fused-ring (bicyclic) bond motifs is 2. The third-order valence-corrected chi connectivity index (χ3v) is 6.76. The van der Waals surface area contributed by atoms with Gasteiger partial charge in [0.05, 0.1) is 10.8 Å². The number of benzene rings is 1. The van der Waals surface area contributed by atoms with Crippen LogP contribution < -0.4 is 0 Å². The predicted molar refractivity (Wildman–Crippen MR) is 107 cm³/mol. The number of aromatic nitrogens is 4. The number of oxazole rings is 1. The van der Waals surface area contributed by atoms with Gasteiger partial charge in [-0.2, -0.15) is 18.3 Å². The van der Waals surface area contributed by atoms with Crippen LogP contribution in [0.4, 0.5) is 13.2 Å². The van der Waals surface area contributed by atoms with Crippen LogP contribution >= 0.6 is 11.8 Å². The topological polar surface area (TPSA) is 73.3 Å². The number of halogens is 3. The Morgan fingerprint density at radius 2 is 2.10 bits per heavy atom. The van der Waals surface area contributed by atoms with Crippen LogP contribution in [0, 0.1) is 0 Å². The number of rotatable bonds is 5. The Bertz CT molecular complexity index is 1290. The number of nitrogens with zero attached hydrogens (tertiary/aromatic N) is 4. The minimum absolute atomic E-state index is 0.0150. The van der Waals surface area contributed by atoms with E-state index in [4.69, 9.17) is 4.42 Å². The Labute approximate surface area is 175 Å². The molecule has 0 radical (unpaired) electrons. The van der Waals surface area contributed by atoms with Gasteiger partial charge in [-0.15, -0.1) is 0 Å². The van der Waals surface area contributed by atoms with Crippen molar-refractivity contribution in [1.82, 2.24) is 19.6 Å². The average Bonchev–Trinajstić information content (AvgIpc) is 3.33. The van der Waals surface area contributed by atoms with E-state index in [9.17, 15) is 17.4 Å². The highest BCUT2D eigenvalue weighted by atomic mass is 32.2. The van der Waals surface area contributed by atoms with Crippen LogP contribution in [0.3, 0.4) is 0 Å². The predicted octanol–water partition coefficient (Wildman–Crippen LogP) is 5.15. The minimum Gasteiger partial charge on any atom is -0.436 e. The smallest absolute Gasteiger partial charge is 0.436 e. The van der Waals surface area contributed by atoms with Crippen molar-refractivity contribution in [2.24, 2.45) is 0 Å². The highest BCUT2D eigenvalue weighted by Gasteiger charge is 2.31. The lowest BCUT2D eigenvalue weighted by atomic mass is 10.2. The zero-order valence-corrected chi connectivity index (χ0v) is 17.3. The van der Waals surface area contributed by atoms with Crippen LogP contribution in [-0.4, -0.2) is 35.1 Å². The molecule has 0 amide bonds. The first-order valence-electron chi connectivity index (χ1n) is 9.27. The Morgan fingerprint density at radius 1 is 1.30 bits per heavy atom. The lowest BCUT2D eigenvalue weighted by Crippen LogP contribution is -2.00. The Morgan fingerprint density at radius 3 is 2.80 bits per heavy atom. The van der Waals surface area contributed by atoms with E-state index in [0.717, 1.165) is 18.5 Å². The second kappa shape index (κ2) is 7.09. The van der Waals surface area contributed by atoms with E-state index in [0.29, 0.717) is 33.5 Å². The molecule has 3 heterocycles. The molecule has 3 aromatic heterocycles. The standard InChI is InChI=1S/C19H15F3N4O2S2/c1-2-30(27)18-15(16-23-8-7-13(10-3-4-10)26(16)25-18)17-24-12-9-11(29-19(20,21)22)5-6-14(12)28-17/h5-10H,2-4H2,1H3. The van der Waals surface area contributed by atoms with E-state index in [1.165, 1.54) is 18.2 Å². The first-order chi connectivity index (χ1) is 14.3. The van der Waals surface area contributed by atoms with Crippen LogP contribution in [0.15, 0.2) is 44.8 Å². The van der Waals surface area contributed by atoms with E-state index in [1.54, 1.807) is 17.6 Å². The lowest BCUT2D eigenvalue weighted by molar-refractivity contribution is -0.0328. The quantitative estimate of drug-likeness (QED) is 0.390. The van der Waals surface area contributed by atoms with Gasteiger partial charge in [0, 0.05) is 28.5 Å². The van der Waals surface area contributed by atoms with Crippen molar-refractivity contribution in [2.75, 3.05) is 5.75 Å². The molecule has 0 saturated heterocycles. The summed E-state index contributed by atoms with van der Waals surface area (Å²) in [5.74, 6) is 0.880. The number of alkyl halides is 3. The molecule has 1 atom stereocenters. The zero-order chi connectivity index (χ0) is 21.0. The van der Waals surface area contributed by atoms with Crippen molar-refractivity contribution in [3.05, 3.63) is 36.2 Å². The van der Waals surface area contributed by atoms with Crippen molar-refractivity contribution in [1.29, 1.82) is 0 Å². The molecule has 1 fully saturated rings. The van der Waals surface area contributed by atoms with Crippen LogP contribution in [0.25, 0.3) is 28.2 Å². The Hall–Kier alpha value is -2.40. The van der Waals surface area contributed by atoms with Crippen molar-refractivity contribution in [3.8, 4) is 11.5 Å². The number of hydrogen-bond acceptors (Lipinski definition) is 6. The highest BCUT2D eigenvalue weighted by molar-refractivity contribution is 8.00. The molecule has 0 N–H and O–H groups in total. The van der Waals surface area contributed by atoms with Gasteiger partial charge < -0.3 is 4.42 Å². The van der Waals surface area contributed by atoms with Gasteiger partial charge in [0.2, 0.25) is 5.89 Å². The summed E-state index contributed by atoms with van der Waals surface area (Å²) >= 11 is -0.210. The molecule has 1 saturated carbocycles. The fourth-order valence-corrected chi connectivity index (χ4v) is 4.75. The molecule has 1 aliphatic rings. The van der Waals surface area contributed by atoms with Gasteiger partial charge in [-0.05, 0) is 48.9 Å². The summed E-state index contributed by atoms with van der Waals surface area (Å²) in [6, 6.07) is 6.00. The molecule has 6 nitrogen and oxygen atoms in total. The SMILES string of the molecule is CCS(=O)c1nn2c(C3CC3)ccnc2c1-c1nc2cc(SC(F)(F)F)ccc2o1. The lowest BCUT2D eigenvalue weighted by Gasteiger charge is -2.04.